The number of fused-ring (bicyclic) bond motifs is 1. The summed E-state index contributed by atoms with van der Waals surface area (Å²) < 4.78 is 38.1. The van der Waals surface area contributed by atoms with Crippen molar-refractivity contribution in [2.45, 2.75) is 39.3 Å². The Bertz CT molecular complexity index is 1430. The lowest BCUT2D eigenvalue weighted by Gasteiger charge is -2.27. The predicted molar refractivity (Wildman–Crippen MR) is 149 cm³/mol. The average Bonchev–Trinajstić information content (AvgIpc) is 3.06. The number of benzene rings is 2. The Balaban J connectivity index is 1.48. The van der Waals surface area contributed by atoms with E-state index in [4.69, 9.17) is 20.3 Å². The quantitative estimate of drug-likeness (QED) is 0.354. The van der Waals surface area contributed by atoms with Gasteiger partial charge >= 0.3 is 6.09 Å². The fraction of sp³-hybridized carbons (Fsp3) is 0.407. The molecule has 1 amide bonds. The minimum atomic E-state index is -3.60. The molecule has 1 aliphatic rings. The van der Waals surface area contributed by atoms with Crippen molar-refractivity contribution >= 4 is 44.3 Å². The largest absolute Gasteiger partial charge is 0.459 e. The molecule has 1 aliphatic heterocycles. The monoisotopic (exact) mass is 541 g/mol. The van der Waals surface area contributed by atoms with E-state index in [1.54, 1.807) is 41.3 Å². The van der Waals surface area contributed by atoms with Gasteiger partial charge in [0.1, 0.15) is 22.8 Å². The molecule has 204 valence electrons. The minimum Gasteiger partial charge on any atom is -0.459 e. The van der Waals surface area contributed by atoms with Gasteiger partial charge in [0.25, 0.3) is 0 Å². The van der Waals surface area contributed by atoms with Crippen LogP contribution in [0.5, 0.6) is 0 Å². The zero-order valence-electron chi connectivity index (χ0n) is 22.2. The lowest BCUT2D eigenvalue weighted by molar-refractivity contribution is 0.0263. The Hall–Kier alpha value is -3.73. The molecule has 2 heterocycles. The third-order valence-corrected chi connectivity index (χ3v) is 7.37. The van der Waals surface area contributed by atoms with Crippen molar-refractivity contribution in [3.8, 4) is 0 Å². The van der Waals surface area contributed by atoms with Gasteiger partial charge in [-0.15, -0.1) is 0 Å². The number of hydrogen-bond donors (Lipinski definition) is 2. The SMILES string of the molecule is CC(C)(C)OC(=O)N1CCCN(c2ccc(N(Cc3cc4cc(C(=N)N)ccc4o3)S(C)(=O)=O)cc2)CC1. The fourth-order valence-corrected chi connectivity index (χ4v) is 5.27. The van der Waals surface area contributed by atoms with Gasteiger partial charge in [-0.3, -0.25) is 9.71 Å². The lowest BCUT2D eigenvalue weighted by Crippen LogP contribution is -2.39. The van der Waals surface area contributed by atoms with E-state index in [2.05, 4.69) is 4.90 Å². The highest BCUT2D eigenvalue weighted by Crippen LogP contribution is 2.28. The van der Waals surface area contributed by atoms with Crippen LogP contribution < -0.4 is 14.9 Å². The van der Waals surface area contributed by atoms with E-state index in [9.17, 15) is 13.2 Å². The highest BCUT2D eigenvalue weighted by molar-refractivity contribution is 7.92. The Morgan fingerprint density at radius 2 is 1.79 bits per heavy atom. The maximum atomic E-state index is 12.7. The van der Waals surface area contributed by atoms with Gasteiger partial charge in [0, 0.05) is 42.8 Å². The van der Waals surface area contributed by atoms with E-state index in [1.807, 2.05) is 32.9 Å². The number of nitrogens with zero attached hydrogens (tertiary/aromatic N) is 3. The molecule has 0 saturated carbocycles. The standard InChI is InChI=1S/C27H35N5O5S/c1-27(2,3)37-26(33)31-13-5-12-30(14-15-31)21-7-9-22(10-8-21)32(38(4,34)35)18-23-17-20-16-19(25(28)29)6-11-24(20)36-23/h6-11,16-17H,5,12-15,18H2,1-4H3,(H3,28,29). The molecule has 0 spiro atoms. The van der Waals surface area contributed by atoms with Gasteiger partial charge in [-0.25, -0.2) is 13.2 Å². The lowest BCUT2D eigenvalue weighted by atomic mass is 10.1. The Kier molecular flexibility index (Phi) is 7.59. The number of rotatable bonds is 6. The normalized spacial score (nSPS) is 14.8. The Morgan fingerprint density at radius 1 is 1.08 bits per heavy atom. The minimum absolute atomic E-state index is 0.0246. The molecule has 3 aromatic rings. The number of hydrogen-bond acceptors (Lipinski definition) is 7. The molecule has 0 radical (unpaired) electrons. The number of nitrogen functional groups attached to an aromatic ring is 1. The number of carbonyl (C=O) groups is 1. The summed E-state index contributed by atoms with van der Waals surface area (Å²) in [6, 6.07) is 14.3. The van der Waals surface area contributed by atoms with Gasteiger partial charge < -0.3 is 24.7 Å². The summed E-state index contributed by atoms with van der Waals surface area (Å²) >= 11 is 0. The van der Waals surface area contributed by atoms with Gasteiger partial charge in [0.15, 0.2) is 0 Å². The van der Waals surface area contributed by atoms with Crippen LogP contribution in [0.4, 0.5) is 16.2 Å². The number of carbonyl (C=O) groups excluding carboxylic acids is 1. The topological polar surface area (TPSA) is 133 Å². The number of anilines is 2. The molecule has 4 rings (SSSR count). The molecule has 1 fully saturated rings. The second kappa shape index (κ2) is 10.6. The number of nitrogens with one attached hydrogen (secondary N) is 1. The van der Waals surface area contributed by atoms with E-state index < -0.39 is 15.6 Å². The molecule has 2 aromatic carbocycles. The molecule has 11 heteroatoms. The van der Waals surface area contributed by atoms with Gasteiger partial charge in [0.05, 0.1) is 18.5 Å². The van der Waals surface area contributed by atoms with Gasteiger partial charge in [0.2, 0.25) is 10.0 Å². The summed E-state index contributed by atoms with van der Waals surface area (Å²) in [6.45, 7) is 8.18. The van der Waals surface area contributed by atoms with Crippen LogP contribution in [0.3, 0.4) is 0 Å². The second-order valence-electron chi connectivity index (χ2n) is 10.5. The zero-order chi connectivity index (χ0) is 27.7. The summed E-state index contributed by atoms with van der Waals surface area (Å²) in [6.07, 6.45) is 1.66. The summed E-state index contributed by atoms with van der Waals surface area (Å²) in [5.41, 5.74) is 7.68. The summed E-state index contributed by atoms with van der Waals surface area (Å²) in [5.74, 6) is 0.430. The highest BCUT2D eigenvalue weighted by atomic mass is 32.2. The first-order chi connectivity index (χ1) is 17.8. The van der Waals surface area contributed by atoms with Crippen LogP contribution in [0, 0.1) is 5.41 Å². The highest BCUT2D eigenvalue weighted by Gasteiger charge is 2.25. The molecule has 0 bridgehead atoms. The molecule has 38 heavy (non-hydrogen) atoms. The van der Waals surface area contributed by atoms with E-state index in [0.717, 1.165) is 30.3 Å². The van der Waals surface area contributed by atoms with Crippen molar-refractivity contribution in [1.29, 1.82) is 5.41 Å². The van der Waals surface area contributed by atoms with Crippen molar-refractivity contribution < 1.29 is 22.4 Å². The molecule has 3 N–H and O–H groups in total. The summed E-state index contributed by atoms with van der Waals surface area (Å²) in [7, 11) is -3.60. The van der Waals surface area contributed by atoms with Gasteiger partial charge in [-0.2, -0.15) is 0 Å². The van der Waals surface area contributed by atoms with E-state index in [1.165, 1.54) is 4.31 Å². The number of ether oxygens (including phenoxy) is 1. The van der Waals surface area contributed by atoms with Crippen LogP contribution in [0.25, 0.3) is 11.0 Å². The predicted octanol–water partition coefficient (Wildman–Crippen LogP) is 4.13. The maximum absolute atomic E-state index is 12.7. The van der Waals surface area contributed by atoms with Crippen molar-refractivity contribution in [3.05, 3.63) is 59.9 Å². The number of amidine groups is 1. The van der Waals surface area contributed by atoms with Gasteiger partial charge in [-0.05, 0) is 75.7 Å². The van der Waals surface area contributed by atoms with Crippen LogP contribution in [-0.4, -0.2) is 63.3 Å². The van der Waals surface area contributed by atoms with Crippen molar-refractivity contribution in [2.75, 3.05) is 41.6 Å². The Morgan fingerprint density at radius 3 is 2.42 bits per heavy atom. The van der Waals surface area contributed by atoms with Gasteiger partial charge in [-0.1, -0.05) is 0 Å². The summed E-state index contributed by atoms with van der Waals surface area (Å²) in [4.78, 5) is 16.4. The Labute approximate surface area is 223 Å². The molecular weight excluding hydrogens is 506 g/mol. The number of amides is 1. The maximum Gasteiger partial charge on any atom is 0.410 e. The van der Waals surface area contributed by atoms with Crippen LogP contribution in [0.15, 0.2) is 52.9 Å². The second-order valence-corrected chi connectivity index (χ2v) is 12.4. The average molecular weight is 542 g/mol. The number of furan rings is 1. The molecular formula is C27H35N5O5S. The van der Waals surface area contributed by atoms with Crippen LogP contribution in [0.1, 0.15) is 38.5 Å². The molecule has 1 saturated heterocycles. The molecule has 1 aromatic heterocycles. The van der Waals surface area contributed by atoms with Crippen LogP contribution >= 0.6 is 0 Å². The van der Waals surface area contributed by atoms with Crippen LogP contribution in [0.2, 0.25) is 0 Å². The third kappa shape index (κ3) is 6.58. The number of sulfonamides is 1. The summed E-state index contributed by atoms with van der Waals surface area (Å²) in [5, 5.41) is 8.37. The third-order valence-electron chi connectivity index (χ3n) is 6.23. The first-order valence-electron chi connectivity index (χ1n) is 12.5. The molecule has 0 aliphatic carbocycles. The first kappa shape index (κ1) is 27.3. The van der Waals surface area contributed by atoms with Crippen molar-refractivity contribution in [1.82, 2.24) is 4.90 Å². The zero-order valence-corrected chi connectivity index (χ0v) is 23.0. The smallest absolute Gasteiger partial charge is 0.410 e. The molecule has 0 unspecified atom stereocenters. The fourth-order valence-electron chi connectivity index (χ4n) is 4.40. The first-order valence-corrected chi connectivity index (χ1v) is 14.3. The van der Waals surface area contributed by atoms with Crippen LogP contribution in [-0.2, 0) is 21.3 Å². The molecule has 10 nitrogen and oxygen atoms in total. The van der Waals surface area contributed by atoms with E-state index in [0.29, 0.717) is 42.2 Å². The van der Waals surface area contributed by atoms with E-state index >= 15 is 0 Å². The molecule has 0 atom stereocenters. The van der Waals surface area contributed by atoms with Crippen molar-refractivity contribution in [3.63, 3.8) is 0 Å². The number of nitrogens with two attached hydrogens (primary N) is 1. The van der Waals surface area contributed by atoms with E-state index in [-0.39, 0.29) is 18.5 Å². The van der Waals surface area contributed by atoms with Crippen molar-refractivity contribution in [2.24, 2.45) is 5.73 Å².